The van der Waals surface area contributed by atoms with Crippen LogP contribution in [0.15, 0.2) is 40.9 Å². The third-order valence-corrected chi connectivity index (χ3v) is 4.28. The number of benzene rings is 2. The van der Waals surface area contributed by atoms with Crippen molar-refractivity contribution in [3.63, 3.8) is 0 Å². The Morgan fingerprint density at radius 1 is 1.03 bits per heavy atom. The maximum Gasteiger partial charge on any atom is 0.310 e. The summed E-state index contributed by atoms with van der Waals surface area (Å²) in [7, 11) is 4.55. The highest BCUT2D eigenvalue weighted by molar-refractivity contribution is 5.73. The second-order valence-corrected chi connectivity index (χ2v) is 6.20. The SMILES string of the molecule is COc1cc(CC(=O)OCc2nc(-c3ccccc3C)no2)cc(OC)c1OC. The molecule has 152 valence electrons. The molecule has 0 atom stereocenters. The molecule has 0 saturated heterocycles. The summed E-state index contributed by atoms with van der Waals surface area (Å²) >= 11 is 0. The molecule has 0 amide bonds. The Kier molecular flexibility index (Phi) is 6.33. The monoisotopic (exact) mass is 398 g/mol. The van der Waals surface area contributed by atoms with Gasteiger partial charge in [-0.05, 0) is 30.2 Å². The highest BCUT2D eigenvalue weighted by Gasteiger charge is 2.17. The molecule has 3 rings (SSSR count). The van der Waals surface area contributed by atoms with Gasteiger partial charge in [-0.1, -0.05) is 29.4 Å². The van der Waals surface area contributed by atoms with Crippen molar-refractivity contribution in [2.75, 3.05) is 21.3 Å². The Morgan fingerprint density at radius 2 is 1.72 bits per heavy atom. The summed E-state index contributed by atoms with van der Waals surface area (Å²) in [5.41, 5.74) is 2.56. The molecular weight excluding hydrogens is 376 g/mol. The van der Waals surface area contributed by atoms with E-state index in [-0.39, 0.29) is 18.9 Å². The molecule has 29 heavy (non-hydrogen) atoms. The highest BCUT2D eigenvalue weighted by atomic mass is 16.6. The van der Waals surface area contributed by atoms with E-state index in [9.17, 15) is 4.79 Å². The van der Waals surface area contributed by atoms with Crippen LogP contribution < -0.4 is 14.2 Å². The van der Waals surface area contributed by atoms with Crippen LogP contribution in [0.2, 0.25) is 0 Å². The molecule has 0 saturated carbocycles. The molecule has 0 bridgehead atoms. The average molecular weight is 398 g/mol. The molecule has 0 unspecified atom stereocenters. The molecule has 0 aliphatic rings. The Morgan fingerprint density at radius 3 is 2.34 bits per heavy atom. The normalized spacial score (nSPS) is 10.5. The molecule has 0 aliphatic heterocycles. The van der Waals surface area contributed by atoms with E-state index in [4.69, 9.17) is 23.5 Å². The number of carbonyl (C=O) groups is 1. The maximum absolute atomic E-state index is 12.2. The van der Waals surface area contributed by atoms with Crippen LogP contribution in [0.4, 0.5) is 0 Å². The molecule has 0 radical (unpaired) electrons. The third kappa shape index (κ3) is 4.66. The van der Waals surface area contributed by atoms with Crippen molar-refractivity contribution in [1.29, 1.82) is 0 Å². The summed E-state index contributed by atoms with van der Waals surface area (Å²) in [6.07, 6.45) is 0.0233. The summed E-state index contributed by atoms with van der Waals surface area (Å²) in [4.78, 5) is 16.5. The van der Waals surface area contributed by atoms with Crippen LogP contribution >= 0.6 is 0 Å². The van der Waals surface area contributed by atoms with E-state index in [0.29, 0.717) is 28.6 Å². The van der Waals surface area contributed by atoms with Crippen LogP contribution in [0.5, 0.6) is 17.2 Å². The number of rotatable bonds is 8. The van der Waals surface area contributed by atoms with Gasteiger partial charge in [-0.2, -0.15) is 4.98 Å². The predicted molar refractivity (Wildman–Crippen MR) is 104 cm³/mol. The first-order valence-corrected chi connectivity index (χ1v) is 8.88. The zero-order valence-corrected chi connectivity index (χ0v) is 16.7. The summed E-state index contributed by atoms with van der Waals surface area (Å²) in [5, 5.41) is 3.95. The van der Waals surface area contributed by atoms with Gasteiger partial charge in [0.1, 0.15) is 0 Å². The summed E-state index contributed by atoms with van der Waals surface area (Å²) in [6, 6.07) is 11.1. The van der Waals surface area contributed by atoms with E-state index in [1.165, 1.54) is 21.3 Å². The van der Waals surface area contributed by atoms with Gasteiger partial charge in [0.15, 0.2) is 18.1 Å². The number of aryl methyl sites for hydroxylation is 1. The fraction of sp³-hybridized carbons (Fsp3) is 0.286. The number of hydrogen-bond donors (Lipinski definition) is 0. The van der Waals surface area contributed by atoms with Crippen molar-refractivity contribution in [2.45, 2.75) is 20.0 Å². The van der Waals surface area contributed by atoms with Crippen LogP contribution in [-0.4, -0.2) is 37.4 Å². The minimum Gasteiger partial charge on any atom is -0.493 e. The standard InChI is InChI=1S/C21H22N2O6/c1-13-7-5-6-8-15(13)21-22-18(29-23-21)12-28-19(24)11-14-9-16(25-2)20(27-4)17(10-14)26-3/h5-10H,11-12H2,1-4H3. The van der Waals surface area contributed by atoms with Crippen LogP contribution in [0.3, 0.4) is 0 Å². The van der Waals surface area contributed by atoms with Gasteiger partial charge < -0.3 is 23.5 Å². The molecule has 0 N–H and O–H groups in total. The van der Waals surface area contributed by atoms with Crippen molar-refractivity contribution in [3.05, 3.63) is 53.4 Å². The van der Waals surface area contributed by atoms with Gasteiger partial charge in [-0.25, -0.2) is 0 Å². The third-order valence-electron chi connectivity index (χ3n) is 4.28. The maximum atomic E-state index is 12.2. The number of hydrogen-bond acceptors (Lipinski definition) is 8. The van der Waals surface area contributed by atoms with Crippen LogP contribution in [0.1, 0.15) is 17.0 Å². The van der Waals surface area contributed by atoms with Gasteiger partial charge in [-0.3, -0.25) is 4.79 Å². The van der Waals surface area contributed by atoms with E-state index in [2.05, 4.69) is 10.1 Å². The number of ether oxygens (including phenoxy) is 4. The smallest absolute Gasteiger partial charge is 0.310 e. The number of methoxy groups -OCH3 is 3. The van der Waals surface area contributed by atoms with Crippen molar-refractivity contribution < 1.29 is 28.3 Å². The van der Waals surface area contributed by atoms with Crippen LogP contribution in [0.25, 0.3) is 11.4 Å². The van der Waals surface area contributed by atoms with E-state index < -0.39 is 5.97 Å². The Labute approximate surface area is 168 Å². The van der Waals surface area contributed by atoms with Gasteiger partial charge >= 0.3 is 5.97 Å². The number of aromatic nitrogens is 2. The highest BCUT2D eigenvalue weighted by Crippen LogP contribution is 2.38. The number of nitrogens with zero attached hydrogens (tertiary/aromatic N) is 2. The molecule has 1 heterocycles. The predicted octanol–water partition coefficient (Wildman–Crippen LogP) is 3.36. The van der Waals surface area contributed by atoms with Crippen molar-refractivity contribution in [3.8, 4) is 28.6 Å². The van der Waals surface area contributed by atoms with Gasteiger partial charge in [-0.15, -0.1) is 0 Å². The molecule has 3 aromatic rings. The van der Waals surface area contributed by atoms with Gasteiger partial charge in [0.05, 0.1) is 27.8 Å². The van der Waals surface area contributed by atoms with E-state index in [1.54, 1.807) is 12.1 Å². The average Bonchev–Trinajstić information content (AvgIpc) is 3.20. The van der Waals surface area contributed by atoms with E-state index in [0.717, 1.165) is 11.1 Å². The largest absolute Gasteiger partial charge is 0.493 e. The second kappa shape index (κ2) is 9.09. The van der Waals surface area contributed by atoms with Crippen molar-refractivity contribution in [1.82, 2.24) is 10.1 Å². The van der Waals surface area contributed by atoms with Gasteiger partial charge in [0.25, 0.3) is 5.89 Å². The first-order valence-electron chi connectivity index (χ1n) is 8.88. The molecule has 2 aromatic carbocycles. The topological polar surface area (TPSA) is 92.9 Å². The summed E-state index contributed by atoms with van der Waals surface area (Å²) in [6.45, 7) is 1.85. The van der Waals surface area contributed by atoms with Crippen LogP contribution in [-0.2, 0) is 22.6 Å². The zero-order chi connectivity index (χ0) is 20.8. The lowest BCUT2D eigenvalue weighted by molar-refractivity contribution is -0.144. The lowest BCUT2D eigenvalue weighted by Gasteiger charge is -2.13. The first kappa shape index (κ1) is 20.2. The minimum atomic E-state index is -0.449. The van der Waals surface area contributed by atoms with Crippen molar-refractivity contribution >= 4 is 5.97 Å². The van der Waals surface area contributed by atoms with Gasteiger partial charge in [0, 0.05) is 5.56 Å². The quantitative estimate of drug-likeness (QED) is 0.533. The molecular formula is C21H22N2O6. The Balaban J connectivity index is 1.64. The Bertz CT molecular complexity index is 973. The fourth-order valence-corrected chi connectivity index (χ4v) is 2.84. The number of carbonyl (C=O) groups excluding carboxylic acids is 1. The summed E-state index contributed by atoms with van der Waals surface area (Å²) in [5.74, 6) is 1.63. The lowest BCUT2D eigenvalue weighted by Crippen LogP contribution is -2.09. The molecule has 1 aromatic heterocycles. The van der Waals surface area contributed by atoms with Gasteiger partial charge in [0.2, 0.25) is 11.6 Å². The molecule has 8 heteroatoms. The Hall–Kier alpha value is -3.55. The van der Waals surface area contributed by atoms with E-state index in [1.807, 2.05) is 31.2 Å². The second-order valence-electron chi connectivity index (χ2n) is 6.20. The lowest BCUT2D eigenvalue weighted by atomic mass is 10.1. The molecule has 0 spiro atoms. The summed E-state index contributed by atoms with van der Waals surface area (Å²) < 4.78 is 26.3. The first-order chi connectivity index (χ1) is 14.0. The zero-order valence-electron chi connectivity index (χ0n) is 16.7. The fourth-order valence-electron chi connectivity index (χ4n) is 2.84. The minimum absolute atomic E-state index is 0.0233. The number of esters is 1. The molecule has 8 nitrogen and oxygen atoms in total. The molecule has 0 fully saturated rings. The molecule has 0 aliphatic carbocycles. The van der Waals surface area contributed by atoms with Crippen molar-refractivity contribution in [2.24, 2.45) is 0 Å². The van der Waals surface area contributed by atoms with E-state index >= 15 is 0 Å². The van der Waals surface area contributed by atoms with Crippen LogP contribution in [0, 0.1) is 6.92 Å².